The third-order valence-electron chi connectivity index (χ3n) is 8.53. The average molecular weight is 775 g/mol. The van der Waals surface area contributed by atoms with Crippen molar-refractivity contribution in [3.63, 3.8) is 0 Å². The van der Waals surface area contributed by atoms with Gasteiger partial charge in [-0.05, 0) is 71.4 Å². The lowest BCUT2D eigenvalue weighted by Crippen LogP contribution is -2.50. The van der Waals surface area contributed by atoms with Crippen molar-refractivity contribution >= 4 is 41.7 Å². The van der Waals surface area contributed by atoms with Crippen LogP contribution in [0.15, 0.2) is 36.4 Å². The smallest absolute Gasteiger partial charge is 0.323 e. The Labute approximate surface area is 324 Å². The highest BCUT2D eigenvalue weighted by atomic mass is 16.5. The lowest BCUT2D eigenvalue weighted by Gasteiger charge is -2.33. The molecule has 2 rings (SSSR count). The molecular formula is C39H58N4O12. The minimum Gasteiger partial charge on any atom is -0.465 e. The van der Waals surface area contributed by atoms with Crippen LogP contribution in [0.4, 0.5) is 0 Å². The summed E-state index contributed by atoms with van der Waals surface area (Å²) in [5, 5.41) is 0. The molecule has 2 amide bonds. The van der Waals surface area contributed by atoms with E-state index in [1.807, 2.05) is 29.2 Å². The SMILES string of the molecule is CCOC(=O)CN(CCN(CCN(CC(=O)OCC)CC(=O)OCC)C(CCCc1ccc(CCN2C(=O)C=CC2=O)cc1)C(=O)OCC)CC(=O)OCC. The van der Waals surface area contributed by atoms with E-state index in [1.54, 1.807) is 44.4 Å². The van der Waals surface area contributed by atoms with Gasteiger partial charge >= 0.3 is 29.8 Å². The Bertz CT molecular complexity index is 1330. The molecule has 0 aliphatic carbocycles. The molecule has 0 bridgehead atoms. The third-order valence-corrected chi connectivity index (χ3v) is 8.53. The molecule has 0 aromatic heterocycles. The first-order valence-electron chi connectivity index (χ1n) is 19.0. The van der Waals surface area contributed by atoms with Crippen LogP contribution in [0, 0.1) is 0 Å². The van der Waals surface area contributed by atoms with Gasteiger partial charge in [-0.1, -0.05) is 24.3 Å². The molecule has 16 nitrogen and oxygen atoms in total. The van der Waals surface area contributed by atoms with Crippen molar-refractivity contribution < 1.29 is 57.2 Å². The van der Waals surface area contributed by atoms with Gasteiger partial charge in [-0.2, -0.15) is 0 Å². The topological polar surface area (TPSA) is 179 Å². The van der Waals surface area contributed by atoms with Crippen LogP contribution in [0.1, 0.15) is 58.6 Å². The van der Waals surface area contributed by atoms with Crippen LogP contribution in [0.5, 0.6) is 0 Å². The largest absolute Gasteiger partial charge is 0.465 e. The first-order chi connectivity index (χ1) is 26.4. The third kappa shape index (κ3) is 18.0. The van der Waals surface area contributed by atoms with E-state index in [0.29, 0.717) is 25.7 Å². The summed E-state index contributed by atoms with van der Waals surface area (Å²) in [7, 11) is 0. The van der Waals surface area contributed by atoms with Crippen molar-refractivity contribution in [2.45, 2.75) is 66.3 Å². The first-order valence-corrected chi connectivity index (χ1v) is 19.0. The van der Waals surface area contributed by atoms with Crippen LogP contribution in [0.3, 0.4) is 0 Å². The van der Waals surface area contributed by atoms with E-state index >= 15 is 0 Å². The fraction of sp³-hybridized carbons (Fsp3) is 0.615. The molecule has 0 N–H and O–H groups in total. The van der Waals surface area contributed by atoms with E-state index in [0.717, 1.165) is 11.1 Å². The van der Waals surface area contributed by atoms with Crippen molar-refractivity contribution in [3.05, 3.63) is 47.5 Å². The lowest BCUT2D eigenvalue weighted by molar-refractivity contribution is -0.152. The predicted molar refractivity (Wildman–Crippen MR) is 200 cm³/mol. The Morgan fingerprint density at radius 2 is 0.945 bits per heavy atom. The lowest BCUT2D eigenvalue weighted by atomic mass is 10.0. The van der Waals surface area contributed by atoms with Crippen LogP contribution in [0.2, 0.25) is 0 Å². The molecule has 1 aliphatic heterocycles. The van der Waals surface area contributed by atoms with E-state index in [1.165, 1.54) is 17.1 Å². The van der Waals surface area contributed by atoms with Crippen LogP contribution in [0.25, 0.3) is 0 Å². The Balaban J connectivity index is 2.28. The quantitative estimate of drug-likeness (QED) is 0.0680. The summed E-state index contributed by atoms with van der Waals surface area (Å²) < 4.78 is 26.1. The maximum Gasteiger partial charge on any atom is 0.323 e. The molecule has 1 heterocycles. The number of benzene rings is 1. The standard InChI is InChI=1S/C39H58N4O12/c1-6-51-35(46)26-40(27-36(47)52-7-2)22-24-42(25-23-41(28-37(48)53-8-3)29-38(49)54-9-4)32(39(50)55-10-5)13-11-12-30-14-16-31(17-15-30)20-21-43-33(44)18-19-34(43)45/h14-19,32H,6-13,20-29H2,1-5H3. The molecule has 0 fully saturated rings. The molecule has 0 radical (unpaired) electrons. The number of carbonyl (C=O) groups excluding carboxylic acids is 7. The van der Waals surface area contributed by atoms with Crippen molar-refractivity contribution in [2.75, 3.05) is 91.9 Å². The number of aryl methyl sites for hydroxylation is 1. The number of rotatable bonds is 28. The van der Waals surface area contributed by atoms with E-state index < -0.39 is 35.9 Å². The molecule has 0 saturated carbocycles. The molecule has 16 heteroatoms. The van der Waals surface area contributed by atoms with E-state index in [-0.39, 0.29) is 104 Å². The summed E-state index contributed by atoms with van der Waals surface area (Å²) in [6.45, 7) is 9.61. The minimum atomic E-state index is -0.748. The van der Waals surface area contributed by atoms with Gasteiger partial charge in [0.15, 0.2) is 0 Å². The monoisotopic (exact) mass is 774 g/mol. The van der Waals surface area contributed by atoms with Crippen molar-refractivity contribution in [1.82, 2.24) is 19.6 Å². The predicted octanol–water partition coefficient (Wildman–Crippen LogP) is 1.57. The van der Waals surface area contributed by atoms with Crippen molar-refractivity contribution in [1.29, 1.82) is 0 Å². The number of ether oxygens (including phenoxy) is 5. The van der Waals surface area contributed by atoms with E-state index in [2.05, 4.69) is 0 Å². The van der Waals surface area contributed by atoms with Gasteiger partial charge in [-0.25, -0.2) is 0 Å². The van der Waals surface area contributed by atoms with Gasteiger partial charge in [-0.3, -0.25) is 53.2 Å². The second-order valence-electron chi connectivity index (χ2n) is 12.6. The van der Waals surface area contributed by atoms with Crippen LogP contribution >= 0.6 is 0 Å². The molecule has 1 aromatic carbocycles. The molecule has 1 aliphatic rings. The van der Waals surface area contributed by atoms with Crippen molar-refractivity contribution in [2.24, 2.45) is 0 Å². The normalized spacial score (nSPS) is 13.1. The maximum absolute atomic E-state index is 13.6. The summed E-state index contributed by atoms with van der Waals surface area (Å²) in [6, 6.07) is 7.11. The highest BCUT2D eigenvalue weighted by molar-refractivity contribution is 6.12. The molecule has 0 spiro atoms. The highest BCUT2D eigenvalue weighted by Crippen LogP contribution is 2.16. The summed E-state index contributed by atoms with van der Waals surface area (Å²) in [6.07, 6.45) is 4.66. The van der Waals surface area contributed by atoms with Gasteiger partial charge in [0.2, 0.25) is 0 Å². The summed E-state index contributed by atoms with van der Waals surface area (Å²) in [5.74, 6) is -3.16. The van der Waals surface area contributed by atoms with Gasteiger partial charge in [0.05, 0.1) is 59.2 Å². The molecule has 0 saturated heterocycles. The number of amides is 2. The second-order valence-corrected chi connectivity index (χ2v) is 12.6. The second kappa shape index (κ2) is 26.2. The van der Waals surface area contributed by atoms with E-state index in [9.17, 15) is 33.6 Å². The number of nitrogens with zero attached hydrogens (tertiary/aromatic N) is 4. The number of hydrogen-bond acceptors (Lipinski definition) is 15. The van der Waals surface area contributed by atoms with E-state index in [4.69, 9.17) is 23.7 Å². The number of hydrogen-bond donors (Lipinski definition) is 0. The molecule has 306 valence electrons. The zero-order chi connectivity index (χ0) is 40.6. The molecule has 1 unspecified atom stereocenters. The molecule has 55 heavy (non-hydrogen) atoms. The summed E-state index contributed by atoms with van der Waals surface area (Å²) in [5.41, 5.74) is 2.00. The Kier molecular flexibility index (Phi) is 22.1. The highest BCUT2D eigenvalue weighted by Gasteiger charge is 2.29. The zero-order valence-corrected chi connectivity index (χ0v) is 33.0. The average Bonchev–Trinajstić information content (AvgIpc) is 3.46. The van der Waals surface area contributed by atoms with Gasteiger partial charge in [-0.15, -0.1) is 0 Å². The first kappa shape index (κ1) is 46.5. The summed E-state index contributed by atoms with van der Waals surface area (Å²) >= 11 is 0. The Morgan fingerprint density at radius 3 is 1.33 bits per heavy atom. The number of imide groups is 1. The number of carbonyl (C=O) groups is 7. The Morgan fingerprint density at radius 1 is 0.564 bits per heavy atom. The molecular weight excluding hydrogens is 716 g/mol. The van der Waals surface area contributed by atoms with Gasteiger partial charge < -0.3 is 23.7 Å². The van der Waals surface area contributed by atoms with Crippen LogP contribution < -0.4 is 0 Å². The number of esters is 5. The molecule has 1 atom stereocenters. The Hall–Kier alpha value is -4.67. The molecule has 1 aromatic rings. The van der Waals surface area contributed by atoms with Crippen LogP contribution in [-0.2, 0) is 70.1 Å². The van der Waals surface area contributed by atoms with Crippen molar-refractivity contribution in [3.8, 4) is 0 Å². The van der Waals surface area contributed by atoms with Gasteiger partial charge in [0.1, 0.15) is 6.04 Å². The van der Waals surface area contributed by atoms with Gasteiger partial charge in [0.25, 0.3) is 11.8 Å². The van der Waals surface area contributed by atoms with Crippen LogP contribution in [-0.4, -0.2) is 159 Å². The fourth-order valence-corrected chi connectivity index (χ4v) is 5.90. The minimum absolute atomic E-state index is 0.144. The van der Waals surface area contributed by atoms with Gasteiger partial charge in [0, 0.05) is 44.9 Å². The maximum atomic E-state index is 13.6. The zero-order valence-electron chi connectivity index (χ0n) is 33.0. The fourth-order valence-electron chi connectivity index (χ4n) is 5.90. The summed E-state index contributed by atoms with van der Waals surface area (Å²) in [4.78, 5) is 93.6.